The zero-order chi connectivity index (χ0) is 21.8. The van der Waals surface area contributed by atoms with E-state index in [2.05, 4.69) is 46.8 Å². The van der Waals surface area contributed by atoms with E-state index in [0.29, 0.717) is 0 Å². The third kappa shape index (κ3) is 4.04. The van der Waals surface area contributed by atoms with E-state index < -0.39 is 49.1 Å². The van der Waals surface area contributed by atoms with E-state index in [-0.39, 0.29) is 17.0 Å². The van der Waals surface area contributed by atoms with Crippen molar-refractivity contribution in [2.24, 2.45) is 0 Å². The maximum atomic E-state index is 12.3. The van der Waals surface area contributed by atoms with Gasteiger partial charge in [-0.05, 0) is 31.9 Å². The molecule has 1 saturated heterocycles. The molecule has 0 spiro atoms. The lowest BCUT2D eigenvalue weighted by molar-refractivity contribution is -0.0484. The number of anilines is 1. The monoisotopic (exact) mass is 581 g/mol. The summed E-state index contributed by atoms with van der Waals surface area (Å²) >= 11 is 4.92. The standard InChI is InChI=1S/C11H15Br2N5O9P2/c12-11(13,28(21,22)23)29(24,25)26-1-4-6(19)7(20)10(27-4)18-3-17-5-8(14)15-2-16-9(5)18/h2-4,6-7,10,19-20H,1H2,(H,24,25)(H2,14,15,16)(H2,21,22,23)/t4-,6-,7-,10-/m1/s1. The van der Waals surface area contributed by atoms with Crippen molar-refractivity contribution in [3.05, 3.63) is 12.7 Å². The van der Waals surface area contributed by atoms with E-state index in [1.165, 1.54) is 17.2 Å². The lowest BCUT2D eigenvalue weighted by atomic mass is 10.1. The van der Waals surface area contributed by atoms with Crippen molar-refractivity contribution in [1.82, 2.24) is 19.5 Å². The maximum absolute atomic E-state index is 12.3. The minimum Gasteiger partial charge on any atom is -0.387 e. The molecule has 7 N–H and O–H groups in total. The first-order chi connectivity index (χ1) is 13.3. The molecule has 1 fully saturated rings. The van der Waals surface area contributed by atoms with Crippen LogP contribution in [-0.2, 0) is 18.4 Å². The normalized spacial score (nSPS) is 28.0. The van der Waals surface area contributed by atoms with Crippen molar-refractivity contribution in [3.8, 4) is 0 Å². The second-order valence-corrected chi connectivity index (χ2v) is 16.0. The van der Waals surface area contributed by atoms with Gasteiger partial charge in [0.25, 0.3) is 2.72 Å². The third-order valence-electron chi connectivity index (χ3n) is 4.10. The van der Waals surface area contributed by atoms with Gasteiger partial charge in [-0.3, -0.25) is 13.7 Å². The van der Waals surface area contributed by atoms with Gasteiger partial charge in [0.2, 0.25) is 0 Å². The Bertz CT molecular complexity index is 1020. The van der Waals surface area contributed by atoms with Crippen LogP contribution in [0.5, 0.6) is 0 Å². The highest BCUT2D eigenvalue weighted by atomic mass is 79.9. The van der Waals surface area contributed by atoms with E-state index >= 15 is 0 Å². The van der Waals surface area contributed by atoms with Crippen LogP contribution in [-0.4, -0.2) is 72.0 Å². The van der Waals surface area contributed by atoms with Crippen LogP contribution in [0, 0.1) is 0 Å². The van der Waals surface area contributed by atoms with Crippen LogP contribution in [0.2, 0.25) is 0 Å². The van der Waals surface area contributed by atoms with Crippen LogP contribution in [0.3, 0.4) is 0 Å². The van der Waals surface area contributed by atoms with Gasteiger partial charge in [-0.2, -0.15) is 0 Å². The number of aliphatic hydroxyl groups is 2. The second kappa shape index (κ2) is 7.88. The molecule has 1 aliphatic rings. The first kappa shape index (κ1) is 23.2. The van der Waals surface area contributed by atoms with Crippen LogP contribution >= 0.6 is 47.1 Å². The van der Waals surface area contributed by atoms with Crippen molar-refractivity contribution >= 4 is 64.0 Å². The summed E-state index contributed by atoms with van der Waals surface area (Å²) in [4.78, 5) is 40.1. The van der Waals surface area contributed by atoms with Crippen molar-refractivity contribution in [1.29, 1.82) is 0 Å². The van der Waals surface area contributed by atoms with Gasteiger partial charge in [-0.25, -0.2) is 15.0 Å². The van der Waals surface area contributed by atoms with Gasteiger partial charge in [0, 0.05) is 0 Å². The summed E-state index contributed by atoms with van der Waals surface area (Å²) in [6.45, 7) is -0.773. The smallest absolute Gasteiger partial charge is 0.367 e. The predicted molar refractivity (Wildman–Crippen MR) is 104 cm³/mol. The number of nitrogen functional groups attached to an aromatic ring is 1. The van der Waals surface area contributed by atoms with Crippen LogP contribution in [0.1, 0.15) is 6.23 Å². The molecule has 1 aliphatic heterocycles. The van der Waals surface area contributed by atoms with E-state index in [0.717, 1.165) is 0 Å². The number of ether oxygens (including phenoxy) is 1. The number of rotatable bonds is 6. The van der Waals surface area contributed by atoms with Gasteiger partial charge in [-0.15, -0.1) is 0 Å². The molecule has 3 heterocycles. The van der Waals surface area contributed by atoms with Crippen molar-refractivity contribution in [2.45, 2.75) is 27.3 Å². The van der Waals surface area contributed by atoms with Crippen LogP contribution in [0.4, 0.5) is 5.82 Å². The van der Waals surface area contributed by atoms with Crippen molar-refractivity contribution in [2.75, 3.05) is 12.3 Å². The lowest BCUT2D eigenvalue weighted by Gasteiger charge is -2.27. The highest BCUT2D eigenvalue weighted by Crippen LogP contribution is 2.77. The molecular weight excluding hydrogens is 568 g/mol. The quantitative estimate of drug-likeness (QED) is 0.192. The van der Waals surface area contributed by atoms with Crippen molar-refractivity contribution in [3.63, 3.8) is 0 Å². The molecule has 162 valence electrons. The first-order valence-electron chi connectivity index (χ1n) is 7.63. The number of nitrogens with two attached hydrogens (primary N) is 1. The molecule has 0 bridgehead atoms. The topological polar surface area (TPSA) is 223 Å². The van der Waals surface area contributed by atoms with Crippen LogP contribution < -0.4 is 5.73 Å². The Morgan fingerprint density at radius 3 is 2.48 bits per heavy atom. The molecule has 0 aliphatic carbocycles. The van der Waals surface area contributed by atoms with Gasteiger partial charge in [-0.1, -0.05) is 0 Å². The van der Waals surface area contributed by atoms with Gasteiger partial charge < -0.3 is 39.9 Å². The summed E-state index contributed by atoms with van der Waals surface area (Å²) in [6.07, 6.45) is -3.16. The molecule has 5 atom stereocenters. The Morgan fingerprint density at radius 2 is 1.86 bits per heavy atom. The molecule has 0 radical (unpaired) electrons. The van der Waals surface area contributed by atoms with Gasteiger partial charge in [0.1, 0.15) is 30.2 Å². The summed E-state index contributed by atoms with van der Waals surface area (Å²) in [6, 6.07) is 0. The summed E-state index contributed by atoms with van der Waals surface area (Å²) in [5.74, 6) is 0.0892. The van der Waals surface area contributed by atoms with Gasteiger partial charge in [0.15, 0.2) is 17.7 Å². The number of aliphatic hydroxyl groups excluding tert-OH is 2. The summed E-state index contributed by atoms with van der Waals surface area (Å²) in [5, 5.41) is 20.5. The number of fused-ring (bicyclic) bond motifs is 1. The average Bonchev–Trinajstić information content (AvgIpc) is 3.15. The minimum absolute atomic E-state index is 0.0892. The third-order valence-corrected chi connectivity index (χ3v) is 13.0. The molecule has 14 nitrogen and oxygen atoms in total. The molecule has 1 unspecified atom stereocenters. The molecule has 0 aromatic carbocycles. The molecule has 2 aromatic heterocycles. The average molecular weight is 583 g/mol. The Hall–Kier alpha value is -0.510. The van der Waals surface area contributed by atoms with E-state index in [1.54, 1.807) is 0 Å². The van der Waals surface area contributed by atoms with Gasteiger partial charge >= 0.3 is 15.2 Å². The second-order valence-electron chi connectivity index (χ2n) is 6.00. The van der Waals surface area contributed by atoms with Crippen LogP contribution in [0.25, 0.3) is 11.2 Å². The van der Waals surface area contributed by atoms with Crippen LogP contribution in [0.15, 0.2) is 12.7 Å². The predicted octanol–water partition coefficient (Wildman–Crippen LogP) is -0.192. The van der Waals surface area contributed by atoms with E-state index in [4.69, 9.17) is 15.0 Å². The van der Waals surface area contributed by atoms with Crippen molar-refractivity contribution < 1.29 is 43.3 Å². The zero-order valence-corrected chi connectivity index (χ0v) is 19.0. The number of halogens is 2. The number of nitrogens with zero attached hydrogens (tertiary/aromatic N) is 4. The van der Waals surface area contributed by atoms with E-state index in [9.17, 15) is 34.0 Å². The number of alkyl halides is 2. The Balaban J connectivity index is 1.79. The van der Waals surface area contributed by atoms with E-state index in [1.807, 2.05) is 0 Å². The number of hydrogen-bond acceptors (Lipinski definition) is 10. The fraction of sp³-hybridized carbons (Fsp3) is 0.545. The largest absolute Gasteiger partial charge is 0.387 e. The molecule has 2 aromatic rings. The summed E-state index contributed by atoms with van der Waals surface area (Å²) < 4.78 is 32.5. The molecule has 29 heavy (non-hydrogen) atoms. The molecule has 18 heteroatoms. The first-order valence-corrected chi connectivity index (χ1v) is 12.4. The molecule has 0 amide bonds. The lowest BCUT2D eigenvalue weighted by Crippen LogP contribution is -2.34. The minimum atomic E-state index is -5.16. The zero-order valence-electron chi connectivity index (χ0n) is 14.1. The fourth-order valence-electron chi connectivity index (χ4n) is 2.57. The number of imidazole rings is 1. The summed E-state index contributed by atoms with van der Waals surface area (Å²) in [7, 11) is -10.2. The highest BCUT2D eigenvalue weighted by molar-refractivity contribution is 9.29. The SMILES string of the molecule is Nc1ncnc2c1ncn2[C@@H]1O[C@H](COP(=O)(O)C(Br)(Br)P(=O)(O)O)[C@@H](O)[C@H]1O. The molecule has 3 rings (SSSR count). The summed E-state index contributed by atoms with van der Waals surface area (Å²) in [5.41, 5.74) is 6.15. The Morgan fingerprint density at radius 1 is 1.21 bits per heavy atom. The fourth-order valence-corrected chi connectivity index (χ4v) is 5.18. The highest BCUT2D eigenvalue weighted by Gasteiger charge is 2.59. The molecular formula is C11H15Br2N5O9P2. The maximum Gasteiger partial charge on any atom is 0.367 e. The molecule has 0 saturated carbocycles. The Labute approximate surface area is 179 Å². The number of hydrogen-bond donors (Lipinski definition) is 6. The van der Waals surface area contributed by atoms with Gasteiger partial charge in [0.05, 0.1) is 12.9 Å². The Kier molecular flexibility index (Phi) is 6.29. The number of aromatic nitrogens is 4.